The van der Waals surface area contributed by atoms with E-state index in [0.29, 0.717) is 27.7 Å². The number of nitrogens with zero attached hydrogens (tertiary/aromatic N) is 3. The highest BCUT2D eigenvalue weighted by molar-refractivity contribution is 7.14. The van der Waals surface area contributed by atoms with Crippen molar-refractivity contribution >= 4 is 17.3 Å². The van der Waals surface area contributed by atoms with Crippen molar-refractivity contribution in [3.05, 3.63) is 70.4 Å². The van der Waals surface area contributed by atoms with Crippen LogP contribution in [-0.4, -0.2) is 28.2 Å². The van der Waals surface area contributed by atoms with Crippen LogP contribution in [0.25, 0.3) is 22.6 Å². The quantitative estimate of drug-likeness (QED) is 0.434. The Kier molecular flexibility index (Phi) is 5.35. The Bertz CT molecular complexity index is 1140. The van der Waals surface area contributed by atoms with Crippen molar-refractivity contribution in [2.45, 2.75) is 13.5 Å². The van der Waals surface area contributed by atoms with Gasteiger partial charge in [-0.3, -0.25) is 0 Å². The minimum atomic E-state index is -0.480. The summed E-state index contributed by atoms with van der Waals surface area (Å²) in [5.74, 6) is 0.713. The lowest BCUT2D eigenvalue weighted by Crippen LogP contribution is -2.05. The number of hydrogen-bond acceptors (Lipinski definition) is 8. The van der Waals surface area contributed by atoms with Crippen LogP contribution < -0.4 is 4.74 Å². The van der Waals surface area contributed by atoms with Crippen LogP contribution >= 0.6 is 11.3 Å². The number of carbonyl (C=O) groups excluding carboxylic acids is 1. The largest absolute Gasteiger partial charge is 0.496 e. The summed E-state index contributed by atoms with van der Waals surface area (Å²) >= 11 is 1.29. The van der Waals surface area contributed by atoms with E-state index in [0.717, 1.165) is 10.6 Å². The molecule has 0 aliphatic rings. The molecule has 0 saturated heterocycles. The number of methoxy groups -OCH3 is 1. The van der Waals surface area contributed by atoms with Crippen molar-refractivity contribution in [1.82, 2.24) is 15.1 Å². The van der Waals surface area contributed by atoms with Crippen molar-refractivity contribution in [1.29, 1.82) is 0 Å². The molecule has 29 heavy (non-hydrogen) atoms. The van der Waals surface area contributed by atoms with Gasteiger partial charge in [-0.15, -0.1) is 11.3 Å². The van der Waals surface area contributed by atoms with Crippen LogP contribution in [0.1, 0.15) is 20.6 Å². The van der Waals surface area contributed by atoms with Crippen molar-refractivity contribution in [3.8, 4) is 28.4 Å². The van der Waals surface area contributed by atoms with Gasteiger partial charge in [0.15, 0.2) is 6.61 Å². The third kappa shape index (κ3) is 4.02. The van der Waals surface area contributed by atoms with Crippen LogP contribution in [0.15, 0.2) is 59.1 Å². The van der Waals surface area contributed by atoms with Gasteiger partial charge in [0.25, 0.3) is 5.89 Å². The highest BCUT2D eigenvalue weighted by Crippen LogP contribution is 2.29. The topological polar surface area (TPSA) is 87.3 Å². The fourth-order valence-electron chi connectivity index (χ4n) is 2.80. The minimum Gasteiger partial charge on any atom is -0.496 e. The van der Waals surface area contributed by atoms with Crippen LogP contribution in [0.2, 0.25) is 0 Å². The Hall–Kier alpha value is -3.52. The zero-order valence-corrected chi connectivity index (χ0v) is 16.6. The Morgan fingerprint density at radius 1 is 1.07 bits per heavy atom. The molecular weight excluding hydrogens is 390 g/mol. The number of benzene rings is 2. The zero-order chi connectivity index (χ0) is 20.2. The van der Waals surface area contributed by atoms with Crippen LogP contribution in [0.4, 0.5) is 0 Å². The lowest BCUT2D eigenvalue weighted by atomic mass is 10.1. The predicted octanol–water partition coefficient (Wildman–Crippen LogP) is 4.53. The Labute approximate surface area is 170 Å². The third-order valence-electron chi connectivity index (χ3n) is 4.11. The van der Waals surface area contributed by atoms with Gasteiger partial charge in [0, 0.05) is 5.56 Å². The van der Waals surface area contributed by atoms with Gasteiger partial charge in [-0.05, 0) is 19.1 Å². The van der Waals surface area contributed by atoms with E-state index < -0.39 is 5.97 Å². The van der Waals surface area contributed by atoms with Gasteiger partial charge in [-0.2, -0.15) is 4.98 Å². The molecule has 0 amide bonds. The lowest BCUT2D eigenvalue weighted by Gasteiger charge is -2.03. The maximum atomic E-state index is 12.6. The van der Waals surface area contributed by atoms with Gasteiger partial charge in [-0.1, -0.05) is 47.6 Å². The molecule has 0 unspecified atom stereocenters. The monoisotopic (exact) mass is 407 g/mol. The first kappa shape index (κ1) is 18.8. The third-order valence-corrected chi connectivity index (χ3v) is 5.06. The van der Waals surface area contributed by atoms with Gasteiger partial charge in [0.2, 0.25) is 5.82 Å². The summed E-state index contributed by atoms with van der Waals surface area (Å²) in [5.41, 5.74) is 2.17. The molecule has 0 N–H and O–H groups in total. The molecule has 2 heterocycles. The van der Waals surface area contributed by atoms with Crippen LogP contribution in [0, 0.1) is 6.92 Å². The van der Waals surface area contributed by atoms with E-state index in [1.165, 1.54) is 11.3 Å². The summed E-state index contributed by atoms with van der Waals surface area (Å²) in [5, 5.41) is 4.73. The SMILES string of the molecule is COc1ccccc1-c1noc(COC(=O)c2sc(C)nc2-c2ccccc2)n1. The number of thiazole rings is 1. The van der Waals surface area contributed by atoms with Gasteiger partial charge < -0.3 is 14.0 Å². The Balaban J connectivity index is 1.50. The van der Waals surface area contributed by atoms with Crippen molar-refractivity contribution < 1.29 is 18.8 Å². The molecular formula is C21H17N3O4S. The molecule has 4 rings (SSSR count). The number of para-hydroxylation sites is 1. The molecule has 2 aromatic carbocycles. The number of esters is 1. The minimum absolute atomic E-state index is 0.133. The fourth-order valence-corrected chi connectivity index (χ4v) is 3.64. The van der Waals surface area contributed by atoms with E-state index >= 15 is 0 Å². The highest BCUT2D eigenvalue weighted by Gasteiger charge is 2.21. The summed E-state index contributed by atoms with van der Waals surface area (Å²) in [6.45, 7) is 1.72. The van der Waals surface area contributed by atoms with E-state index in [2.05, 4.69) is 15.1 Å². The molecule has 7 nitrogen and oxygen atoms in total. The molecule has 0 fully saturated rings. The number of ether oxygens (including phenoxy) is 2. The first-order valence-electron chi connectivity index (χ1n) is 8.81. The van der Waals surface area contributed by atoms with E-state index in [-0.39, 0.29) is 12.5 Å². The normalized spacial score (nSPS) is 10.7. The van der Waals surface area contributed by atoms with Gasteiger partial charge in [0.1, 0.15) is 10.6 Å². The maximum Gasteiger partial charge on any atom is 0.351 e. The number of aromatic nitrogens is 3. The van der Waals surface area contributed by atoms with Crippen molar-refractivity contribution in [3.63, 3.8) is 0 Å². The predicted molar refractivity (Wildman–Crippen MR) is 108 cm³/mol. The Morgan fingerprint density at radius 3 is 2.62 bits per heavy atom. The van der Waals surface area contributed by atoms with E-state index in [1.54, 1.807) is 7.11 Å². The fraction of sp³-hybridized carbons (Fsp3) is 0.143. The smallest absolute Gasteiger partial charge is 0.351 e. The van der Waals surface area contributed by atoms with Gasteiger partial charge >= 0.3 is 5.97 Å². The molecule has 0 bridgehead atoms. The van der Waals surface area contributed by atoms with E-state index in [4.69, 9.17) is 14.0 Å². The summed E-state index contributed by atoms with van der Waals surface area (Å²) in [6.07, 6.45) is 0. The van der Waals surface area contributed by atoms with E-state index in [9.17, 15) is 4.79 Å². The zero-order valence-electron chi connectivity index (χ0n) is 15.8. The molecule has 0 atom stereocenters. The van der Waals surface area contributed by atoms with Crippen molar-refractivity contribution in [2.75, 3.05) is 7.11 Å². The average Bonchev–Trinajstić information content (AvgIpc) is 3.39. The molecule has 0 spiro atoms. The average molecular weight is 407 g/mol. The molecule has 2 aromatic heterocycles. The molecule has 0 aliphatic heterocycles. The second kappa shape index (κ2) is 8.24. The molecule has 0 aliphatic carbocycles. The van der Waals surface area contributed by atoms with Crippen LogP contribution in [0.3, 0.4) is 0 Å². The number of hydrogen-bond donors (Lipinski definition) is 0. The molecule has 8 heteroatoms. The molecule has 0 saturated carbocycles. The summed E-state index contributed by atoms with van der Waals surface area (Å²) in [7, 11) is 1.57. The van der Waals surface area contributed by atoms with E-state index in [1.807, 2.05) is 61.5 Å². The highest BCUT2D eigenvalue weighted by atomic mass is 32.1. The maximum absolute atomic E-state index is 12.6. The second-order valence-electron chi connectivity index (χ2n) is 6.06. The first-order valence-corrected chi connectivity index (χ1v) is 9.63. The summed E-state index contributed by atoms with van der Waals surface area (Å²) in [4.78, 5) is 21.8. The van der Waals surface area contributed by atoms with Crippen LogP contribution in [0.5, 0.6) is 5.75 Å². The first-order chi connectivity index (χ1) is 14.2. The standard InChI is InChI=1S/C21H17N3O4S/c1-13-22-18(14-8-4-3-5-9-14)19(29-13)21(25)27-12-17-23-20(24-28-17)15-10-6-7-11-16(15)26-2/h3-11H,12H2,1-2H3. The number of carbonyl (C=O) groups is 1. The summed E-state index contributed by atoms with van der Waals surface area (Å²) < 4.78 is 15.9. The van der Waals surface area contributed by atoms with Gasteiger partial charge in [-0.25, -0.2) is 9.78 Å². The Morgan fingerprint density at radius 2 is 1.83 bits per heavy atom. The number of aryl methyl sites for hydroxylation is 1. The molecule has 146 valence electrons. The second-order valence-corrected chi connectivity index (χ2v) is 7.27. The van der Waals surface area contributed by atoms with Crippen molar-refractivity contribution in [2.24, 2.45) is 0 Å². The van der Waals surface area contributed by atoms with Crippen LogP contribution in [-0.2, 0) is 11.3 Å². The molecule has 0 radical (unpaired) electrons. The lowest BCUT2D eigenvalue weighted by molar-refractivity contribution is 0.0436. The number of rotatable bonds is 6. The van der Waals surface area contributed by atoms with Gasteiger partial charge in [0.05, 0.1) is 23.4 Å². The summed E-state index contributed by atoms with van der Waals surface area (Å²) in [6, 6.07) is 16.9. The molecule has 4 aromatic rings.